The second-order valence-corrected chi connectivity index (χ2v) is 6.46. The van der Waals surface area contributed by atoms with Crippen molar-refractivity contribution in [1.29, 1.82) is 5.26 Å². The van der Waals surface area contributed by atoms with Gasteiger partial charge in [0.05, 0.1) is 23.1 Å². The first-order valence-electron chi connectivity index (χ1n) is 5.48. The Kier molecular flexibility index (Phi) is 4.82. The van der Waals surface area contributed by atoms with Gasteiger partial charge in [-0.25, -0.2) is 12.8 Å². The largest absolute Gasteiger partial charge is 0.328 e. The Morgan fingerprint density at radius 2 is 2.17 bits per heavy atom. The van der Waals surface area contributed by atoms with E-state index in [1.165, 1.54) is 12.1 Å². The van der Waals surface area contributed by atoms with E-state index < -0.39 is 15.7 Å². The Labute approximate surface area is 106 Å². The van der Waals surface area contributed by atoms with E-state index in [0.717, 1.165) is 6.07 Å². The Morgan fingerprint density at radius 3 is 2.67 bits per heavy atom. The van der Waals surface area contributed by atoms with Crippen molar-refractivity contribution >= 4 is 9.84 Å². The fourth-order valence-corrected chi connectivity index (χ4v) is 2.99. The number of halogens is 1. The van der Waals surface area contributed by atoms with Gasteiger partial charge in [-0.05, 0) is 25.5 Å². The van der Waals surface area contributed by atoms with Gasteiger partial charge in [0.2, 0.25) is 0 Å². The van der Waals surface area contributed by atoms with Gasteiger partial charge in [0, 0.05) is 11.6 Å². The second-order valence-electron chi connectivity index (χ2n) is 4.28. The van der Waals surface area contributed by atoms with Crippen molar-refractivity contribution in [2.75, 3.05) is 5.75 Å². The molecule has 0 aliphatic carbocycles. The molecule has 0 aliphatic rings. The van der Waals surface area contributed by atoms with Crippen molar-refractivity contribution in [2.45, 2.75) is 25.1 Å². The summed E-state index contributed by atoms with van der Waals surface area (Å²) in [6, 6.07) is 5.36. The summed E-state index contributed by atoms with van der Waals surface area (Å²) in [5, 5.41) is 8.58. The topological polar surface area (TPSA) is 84.0 Å². The first-order chi connectivity index (χ1) is 8.34. The van der Waals surface area contributed by atoms with Crippen LogP contribution in [0.4, 0.5) is 4.39 Å². The van der Waals surface area contributed by atoms with Gasteiger partial charge >= 0.3 is 0 Å². The average Bonchev–Trinajstić information content (AvgIpc) is 2.29. The highest BCUT2D eigenvalue weighted by molar-refractivity contribution is 7.90. The molecule has 0 aromatic heterocycles. The number of nitriles is 1. The van der Waals surface area contributed by atoms with E-state index in [4.69, 9.17) is 11.0 Å². The van der Waals surface area contributed by atoms with Gasteiger partial charge in [-0.2, -0.15) is 5.26 Å². The second kappa shape index (κ2) is 5.94. The molecule has 0 saturated heterocycles. The lowest BCUT2D eigenvalue weighted by Crippen LogP contribution is -2.21. The van der Waals surface area contributed by atoms with Gasteiger partial charge in [0.25, 0.3) is 0 Å². The number of hydrogen-bond donors (Lipinski definition) is 1. The Balaban J connectivity index is 2.82. The van der Waals surface area contributed by atoms with Crippen molar-refractivity contribution in [3.8, 4) is 6.07 Å². The lowest BCUT2D eigenvalue weighted by Gasteiger charge is -2.07. The first-order valence-corrected chi connectivity index (χ1v) is 7.31. The van der Waals surface area contributed by atoms with Crippen LogP contribution in [0.3, 0.4) is 0 Å². The molecule has 0 saturated carbocycles. The van der Waals surface area contributed by atoms with Crippen LogP contribution in [-0.4, -0.2) is 20.2 Å². The summed E-state index contributed by atoms with van der Waals surface area (Å²) in [5.74, 6) is -1.10. The molecular weight excluding hydrogens is 255 g/mol. The lowest BCUT2D eigenvalue weighted by molar-refractivity contribution is 0.580. The maximum absolute atomic E-state index is 13.5. The summed E-state index contributed by atoms with van der Waals surface area (Å²) in [6.07, 6.45) is 0.347. The van der Waals surface area contributed by atoms with Gasteiger partial charge in [0.15, 0.2) is 9.84 Å². The molecule has 0 fully saturated rings. The highest BCUT2D eigenvalue weighted by Gasteiger charge is 2.15. The standard InChI is InChI=1S/C12H15FN2O2S/c1-9(15)4-5-18(16,17)8-11-3-2-10(7-14)6-12(11)13/h2-3,6,9H,4-5,8,15H2,1H3. The van der Waals surface area contributed by atoms with Gasteiger partial charge in [-0.15, -0.1) is 0 Å². The molecule has 98 valence electrons. The highest BCUT2D eigenvalue weighted by atomic mass is 32.2. The van der Waals surface area contributed by atoms with Crippen molar-refractivity contribution < 1.29 is 12.8 Å². The van der Waals surface area contributed by atoms with Crippen molar-refractivity contribution in [3.63, 3.8) is 0 Å². The Morgan fingerprint density at radius 1 is 1.50 bits per heavy atom. The third-order valence-electron chi connectivity index (χ3n) is 2.44. The fraction of sp³-hybridized carbons (Fsp3) is 0.417. The summed E-state index contributed by atoms with van der Waals surface area (Å²) in [6.45, 7) is 1.72. The third-order valence-corrected chi connectivity index (χ3v) is 4.05. The molecule has 0 heterocycles. The maximum Gasteiger partial charge on any atom is 0.154 e. The third kappa shape index (κ3) is 4.43. The summed E-state index contributed by atoms with van der Waals surface area (Å²) < 4.78 is 37.0. The number of nitrogens with zero attached hydrogens (tertiary/aromatic N) is 1. The summed E-state index contributed by atoms with van der Waals surface area (Å²) in [4.78, 5) is 0. The van der Waals surface area contributed by atoms with Crippen molar-refractivity contribution in [2.24, 2.45) is 5.73 Å². The SMILES string of the molecule is CC(N)CCS(=O)(=O)Cc1ccc(C#N)cc1F. The van der Waals surface area contributed by atoms with Crippen LogP contribution in [0.5, 0.6) is 0 Å². The first kappa shape index (κ1) is 14.6. The number of rotatable bonds is 5. The fourth-order valence-electron chi connectivity index (χ4n) is 1.41. The van der Waals surface area contributed by atoms with Crippen LogP contribution in [-0.2, 0) is 15.6 Å². The van der Waals surface area contributed by atoms with Crippen molar-refractivity contribution in [3.05, 3.63) is 35.1 Å². The molecule has 1 rings (SSSR count). The van der Waals surface area contributed by atoms with Crippen LogP contribution in [0, 0.1) is 17.1 Å². The van der Waals surface area contributed by atoms with E-state index in [1.807, 2.05) is 0 Å². The molecular formula is C12H15FN2O2S. The molecule has 18 heavy (non-hydrogen) atoms. The minimum absolute atomic E-state index is 0.0654. The molecule has 1 aromatic carbocycles. The molecule has 0 amide bonds. The van der Waals surface area contributed by atoms with Crippen LogP contribution in [0.25, 0.3) is 0 Å². The number of benzene rings is 1. The Hall–Kier alpha value is -1.45. The minimum Gasteiger partial charge on any atom is -0.328 e. The number of hydrogen-bond acceptors (Lipinski definition) is 4. The predicted octanol–water partition coefficient (Wildman–Crippen LogP) is 1.35. The molecule has 6 heteroatoms. The van der Waals surface area contributed by atoms with Crippen LogP contribution >= 0.6 is 0 Å². The molecule has 0 aliphatic heterocycles. The predicted molar refractivity (Wildman–Crippen MR) is 66.9 cm³/mol. The maximum atomic E-state index is 13.5. The molecule has 4 nitrogen and oxygen atoms in total. The van der Waals surface area contributed by atoms with Crippen molar-refractivity contribution in [1.82, 2.24) is 0 Å². The normalized spacial score (nSPS) is 13.0. The zero-order chi connectivity index (χ0) is 13.8. The smallest absolute Gasteiger partial charge is 0.154 e. The van der Waals surface area contributed by atoms with E-state index in [2.05, 4.69) is 0 Å². The molecule has 0 radical (unpaired) electrons. The Bertz CT molecular complexity index is 562. The van der Waals surface area contributed by atoms with E-state index >= 15 is 0 Å². The number of sulfone groups is 1. The van der Waals surface area contributed by atoms with E-state index in [-0.39, 0.29) is 28.7 Å². The molecule has 0 bridgehead atoms. The number of nitrogens with two attached hydrogens (primary N) is 1. The summed E-state index contributed by atoms with van der Waals surface area (Å²) >= 11 is 0. The summed E-state index contributed by atoms with van der Waals surface area (Å²) in [5.41, 5.74) is 5.74. The molecule has 1 aromatic rings. The molecule has 0 spiro atoms. The van der Waals surface area contributed by atoms with Crippen LogP contribution in [0.15, 0.2) is 18.2 Å². The van der Waals surface area contributed by atoms with Crippen LogP contribution < -0.4 is 5.73 Å². The molecule has 1 unspecified atom stereocenters. The lowest BCUT2D eigenvalue weighted by atomic mass is 10.1. The van der Waals surface area contributed by atoms with E-state index in [0.29, 0.717) is 6.42 Å². The zero-order valence-corrected chi connectivity index (χ0v) is 10.9. The summed E-state index contributed by atoms with van der Waals surface area (Å²) in [7, 11) is -3.37. The molecule has 2 N–H and O–H groups in total. The van der Waals surface area contributed by atoms with Gasteiger partial charge in [-0.3, -0.25) is 0 Å². The van der Waals surface area contributed by atoms with E-state index in [9.17, 15) is 12.8 Å². The average molecular weight is 270 g/mol. The minimum atomic E-state index is -3.37. The molecule has 1 atom stereocenters. The monoisotopic (exact) mass is 270 g/mol. The van der Waals surface area contributed by atoms with Crippen LogP contribution in [0.1, 0.15) is 24.5 Å². The quantitative estimate of drug-likeness (QED) is 0.875. The van der Waals surface area contributed by atoms with Gasteiger partial charge in [-0.1, -0.05) is 6.07 Å². The zero-order valence-electron chi connectivity index (χ0n) is 10.1. The van der Waals surface area contributed by atoms with Gasteiger partial charge in [0.1, 0.15) is 5.82 Å². The van der Waals surface area contributed by atoms with Gasteiger partial charge < -0.3 is 5.73 Å². The van der Waals surface area contributed by atoms with E-state index in [1.54, 1.807) is 13.0 Å². The highest BCUT2D eigenvalue weighted by Crippen LogP contribution is 2.14. The van der Waals surface area contributed by atoms with Crippen LogP contribution in [0.2, 0.25) is 0 Å².